The summed E-state index contributed by atoms with van der Waals surface area (Å²) < 4.78 is 5.93. The van der Waals surface area contributed by atoms with Crippen molar-refractivity contribution in [3.05, 3.63) is 52.9 Å². The van der Waals surface area contributed by atoms with Crippen molar-refractivity contribution in [1.29, 1.82) is 0 Å². The molecule has 1 saturated heterocycles. The normalized spacial score (nSPS) is 18.7. The summed E-state index contributed by atoms with van der Waals surface area (Å²) in [6.45, 7) is 6.66. The molecule has 1 unspecified atom stereocenters. The molecule has 4 nitrogen and oxygen atoms in total. The van der Waals surface area contributed by atoms with Crippen molar-refractivity contribution in [3.8, 4) is 0 Å². The number of halogens is 1. The fourth-order valence-electron chi connectivity index (χ4n) is 2.73. The molecule has 0 saturated carbocycles. The maximum absolute atomic E-state index is 5.96. The minimum Gasteiger partial charge on any atom is -0.370 e. The van der Waals surface area contributed by atoms with Gasteiger partial charge in [0.25, 0.3) is 0 Å². The fraction of sp³-hybridized carbons (Fsp3) is 0.412. The molecule has 116 valence electrons. The van der Waals surface area contributed by atoms with Crippen LogP contribution in [0.2, 0.25) is 5.02 Å². The lowest BCUT2D eigenvalue weighted by atomic mass is 10.0. The number of aromatic nitrogens is 2. The SMILES string of the molecule is CC(C)c1cncnc1N1CCOC(c2ccc(Cl)cc2)C1. The minimum atomic E-state index is 0.0426. The van der Waals surface area contributed by atoms with Crippen molar-refractivity contribution in [3.63, 3.8) is 0 Å². The van der Waals surface area contributed by atoms with Crippen LogP contribution < -0.4 is 4.90 Å². The highest BCUT2D eigenvalue weighted by Crippen LogP contribution is 2.30. The summed E-state index contributed by atoms with van der Waals surface area (Å²) in [5.41, 5.74) is 2.33. The van der Waals surface area contributed by atoms with Gasteiger partial charge in [-0.05, 0) is 23.6 Å². The smallest absolute Gasteiger partial charge is 0.135 e. The van der Waals surface area contributed by atoms with Crippen LogP contribution in [0.1, 0.15) is 37.0 Å². The van der Waals surface area contributed by atoms with Gasteiger partial charge < -0.3 is 9.64 Å². The maximum atomic E-state index is 5.96. The predicted octanol–water partition coefficient (Wildman–Crippen LogP) is 3.83. The van der Waals surface area contributed by atoms with E-state index in [4.69, 9.17) is 16.3 Å². The zero-order valence-corrected chi connectivity index (χ0v) is 13.6. The Balaban J connectivity index is 1.83. The van der Waals surface area contributed by atoms with Gasteiger partial charge in [0.15, 0.2) is 0 Å². The highest BCUT2D eigenvalue weighted by Gasteiger charge is 2.25. The second kappa shape index (κ2) is 6.63. The molecule has 22 heavy (non-hydrogen) atoms. The van der Waals surface area contributed by atoms with Gasteiger partial charge in [0.2, 0.25) is 0 Å². The maximum Gasteiger partial charge on any atom is 0.135 e. The van der Waals surface area contributed by atoms with Crippen LogP contribution >= 0.6 is 11.6 Å². The van der Waals surface area contributed by atoms with E-state index in [1.165, 1.54) is 5.56 Å². The van der Waals surface area contributed by atoms with E-state index in [9.17, 15) is 0 Å². The molecule has 2 aromatic rings. The molecule has 0 bridgehead atoms. The van der Waals surface area contributed by atoms with Crippen molar-refractivity contribution in [1.82, 2.24) is 9.97 Å². The lowest BCUT2D eigenvalue weighted by Gasteiger charge is -2.35. The van der Waals surface area contributed by atoms with Gasteiger partial charge in [-0.15, -0.1) is 0 Å². The Morgan fingerprint density at radius 2 is 2.05 bits per heavy atom. The Bertz CT molecular complexity index is 630. The molecule has 0 aliphatic carbocycles. The summed E-state index contributed by atoms with van der Waals surface area (Å²) >= 11 is 5.96. The van der Waals surface area contributed by atoms with Gasteiger partial charge in [0.05, 0.1) is 6.61 Å². The van der Waals surface area contributed by atoms with E-state index >= 15 is 0 Å². The predicted molar refractivity (Wildman–Crippen MR) is 88.5 cm³/mol. The van der Waals surface area contributed by atoms with Crippen LogP contribution in [-0.2, 0) is 4.74 Å². The van der Waals surface area contributed by atoms with Gasteiger partial charge in [0, 0.05) is 29.9 Å². The molecule has 1 fully saturated rings. The third kappa shape index (κ3) is 3.23. The first-order chi connectivity index (χ1) is 10.6. The van der Waals surface area contributed by atoms with Crippen LogP contribution in [0.4, 0.5) is 5.82 Å². The molecule has 1 aliphatic heterocycles. The van der Waals surface area contributed by atoms with Gasteiger partial charge in [-0.25, -0.2) is 9.97 Å². The fourth-order valence-corrected chi connectivity index (χ4v) is 2.85. The largest absolute Gasteiger partial charge is 0.370 e. The molecule has 2 heterocycles. The summed E-state index contributed by atoms with van der Waals surface area (Å²) in [7, 11) is 0. The van der Waals surface area contributed by atoms with Crippen molar-refractivity contribution < 1.29 is 4.74 Å². The molecule has 1 aromatic heterocycles. The second-order valence-corrected chi connectivity index (χ2v) is 6.25. The highest BCUT2D eigenvalue weighted by molar-refractivity contribution is 6.30. The summed E-state index contributed by atoms with van der Waals surface area (Å²) in [6.07, 6.45) is 3.58. The highest BCUT2D eigenvalue weighted by atomic mass is 35.5. The zero-order chi connectivity index (χ0) is 15.5. The van der Waals surface area contributed by atoms with Crippen LogP contribution in [0.3, 0.4) is 0 Å². The molecule has 3 rings (SSSR count). The van der Waals surface area contributed by atoms with Crippen LogP contribution in [-0.4, -0.2) is 29.7 Å². The molecule has 1 atom stereocenters. The number of hydrogen-bond donors (Lipinski definition) is 0. The summed E-state index contributed by atoms with van der Waals surface area (Å²) in [5, 5.41) is 0.745. The Labute approximate surface area is 136 Å². The summed E-state index contributed by atoms with van der Waals surface area (Å²) in [4.78, 5) is 11.0. The van der Waals surface area contributed by atoms with E-state index in [1.807, 2.05) is 30.5 Å². The third-order valence-corrected chi connectivity index (χ3v) is 4.20. The standard InChI is InChI=1S/C17H20ClN3O/c1-12(2)15-9-19-11-20-17(15)21-7-8-22-16(10-21)13-3-5-14(18)6-4-13/h3-6,9,11-12,16H,7-8,10H2,1-2H3. The molecule has 0 amide bonds. The van der Waals surface area contributed by atoms with Crippen LogP contribution in [0.25, 0.3) is 0 Å². The number of benzene rings is 1. The first-order valence-electron chi connectivity index (χ1n) is 7.57. The first-order valence-corrected chi connectivity index (χ1v) is 7.95. The Hall–Kier alpha value is -1.65. The molecule has 0 radical (unpaired) electrons. The number of anilines is 1. The van der Waals surface area contributed by atoms with Crippen LogP contribution in [0, 0.1) is 0 Å². The molecule has 5 heteroatoms. The monoisotopic (exact) mass is 317 g/mol. The number of ether oxygens (including phenoxy) is 1. The van der Waals surface area contributed by atoms with E-state index in [2.05, 4.69) is 28.7 Å². The quantitative estimate of drug-likeness (QED) is 0.862. The zero-order valence-electron chi connectivity index (χ0n) is 12.9. The summed E-state index contributed by atoms with van der Waals surface area (Å²) in [5.74, 6) is 1.42. The number of rotatable bonds is 3. The van der Waals surface area contributed by atoms with E-state index < -0.39 is 0 Å². The molecule has 1 aliphatic rings. The van der Waals surface area contributed by atoms with Crippen molar-refractivity contribution in [2.45, 2.75) is 25.9 Å². The second-order valence-electron chi connectivity index (χ2n) is 5.81. The van der Waals surface area contributed by atoms with Gasteiger partial charge in [-0.3, -0.25) is 0 Å². The van der Waals surface area contributed by atoms with Crippen LogP contribution in [0.15, 0.2) is 36.8 Å². The molecular formula is C17H20ClN3O. The van der Waals surface area contributed by atoms with E-state index in [0.29, 0.717) is 12.5 Å². The molecular weight excluding hydrogens is 298 g/mol. The van der Waals surface area contributed by atoms with E-state index in [0.717, 1.165) is 29.5 Å². The Morgan fingerprint density at radius 3 is 2.77 bits per heavy atom. The summed E-state index contributed by atoms with van der Waals surface area (Å²) in [6, 6.07) is 7.87. The third-order valence-electron chi connectivity index (χ3n) is 3.95. The van der Waals surface area contributed by atoms with Crippen LogP contribution in [0.5, 0.6) is 0 Å². The Morgan fingerprint density at radius 1 is 1.27 bits per heavy atom. The Kier molecular flexibility index (Phi) is 4.60. The lowest BCUT2D eigenvalue weighted by molar-refractivity contribution is 0.0394. The van der Waals surface area contributed by atoms with Gasteiger partial charge in [-0.2, -0.15) is 0 Å². The van der Waals surface area contributed by atoms with Gasteiger partial charge >= 0.3 is 0 Å². The molecule has 1 aromatic carbocycles. The number of hydrogen-bond acceptors (Lipinski definition) is 4. The van der Waals surface area contributed by atoms with E-state index in [-0.39, 0.29) is 6.10 Å². The average molecular weight is 318 g/mol. The van der Waals surface area contributed by atoms with Gasteiger partial charge in [0.1, 0.15) is 18.2 Å². The molecule has 0 N–H and O–H groups in total. The van der Waals surface area contributed by atoms with E-state index in [1.54, 1.807) is 6.33 Å². The average Bonchev–Trinajstić information content (AvgIpc) is 2.55. The number of nitrogens with zero attached hydrogens (tertiary/aromatic N) is 3. The van der Waals surface area contributed by atoms with Crippen molar-refractivity contribution >= 4 is 17.4 Å². The molecule has 0 spiro atoms. The lowest BCUT2D eigenvalue weighted by Crippen LogP contribution is -2.39. The first kappa shape index (κ1) is 15.3. The number of morpholine rings is 1. The van der Waals surface area contributed by atoms with Gasteiger partial charge in [-0.1, -0.05) is 37.6 Å². The van der Waals surface area contributed by atoms with Crippen molar-refractivity contribution in [2.24, 2.45) is 0 Å². The van der Waals surface area contributed by atoms with Crippen molar-refractivity contribution in [2.75, 3.05) is 24.6 Å². The topological polar surface area (TPSA) is 38.2 Å². The minimum absolute atomic E-state index is 0.0426.